The molecule has 12 N–H and O–H groups in total. The van der Waals surface area contributed by atoms with Gasteiger partial charge in [-0.1, -0.05) is 0 Å². The average molecular weight is 334 g/mol. The Morgan fingerprint density at radius 3 is 0.286 bits per heavy atom. The van der Waals surface area contributed by atoms with Gasteiger partial charge in [0.2, 0.25) is 0 Å². The molecule has 6 nitrogen and oxygen atoms in total. The SMILES string of the molecule is [NH2-].[NH2-].[NH2-].[NH2-].[NH2-].[NH2-].[U]. The van der Waals surface area contributed by atoms with Crippen LogP contribution >= 0.6 is 0 Å². The van der Waals surface area contributed by atoms with Gasteiger partial charge in [-0.2, -0.15) is 0 Å². The van der Waals surface area contributed by atoms with Gasteiger partial charge in [0, 0.05) is 31.1 Å². The van der Waals surface area contributed by atoms with Gasteiger partial charge in [-0.25, -0.2) is 0 Å². The van der Waals surface area contributed by atoms with E-state index in [1.807, 2.05) is 0 Å². The summed E-state index contributed by atoms with van der Waals surface area (Å²) in [4.78, 5) is 0. The molecule has 0 heterocycles. The zero-order valence-electron chi connectivity index (χ0n) is 3.96. The average Bonchev–Trinajstić information content (AvgIpc) is 0. The summed E-state index contributed by atoms with van der Waals surface area (Å²) in [6, 6.07) is 0. The summed E-state index contributed by atoms with van der Waals surface area (Å²) in [5, 5.41) is 0. The van der Waals surface area contributed by atoms with E-state index in [0.717, 1.165) is 0 Å². The summed E-state index contributed by atoms with van der Waals surface area (Å²) in [7, 11) is 0. The molecule has 0 rings (SSSR count). The van der Waals surface area contributed by atoms with E-state index in [4.69, 9.17) is 0 Å². The first-order valence-corrected chi connectivity index (χ1v) is 0. The third-order valence-corrected chi connectivity index (χ3v) is 0. The quantitative estimate of drug-likeness (QED) is 0.607. The Morgan fingerprint density at radius 2 is 0.286 bits per heavy atom. The van der Waals surface area contributed by atoms with Crippen LogP contribution in [-0.2, 0) is 0 Å². The molecule has 0 fully saturated rings. The molecule has 0 aromatic heterocycles. The molecule has 7 heteroatoms. The van der Waals surface area contributed by atoms with E-state index in [2.05, 4.69) is 0 Å². The smallest absolute Gasteiger partial charge is 0 e. The van der Waals surface area contributed by atoms with E-state index >= 15 is 0 Å². The summed E-state index contributed by atoms with van der Waals surface area (Å²) in [6.45, 7) is 0. The molecule has 0 spiro atoms. The third-order valence-electron chi connectivity index (χ3n) is 0. The minimum absolute atomic E-state index is 0. The minimum Gasteiger partial charge on any atom is -0.693 e. The number of rotatable bonds is 0. The van der Waals surface area contributed by atoms with Gasteiger partial charge in [-0.15, -0.1) is 0 Å². The van der Waals surface area contributed by atoms with E-state index < -0.39 is 0 Å². The van der Waals surface area contributed by atoms with Crippen molar-refractivity contribution in [3.8, 4) is 0 Å². The molecule has 0 aliphatic heterocycles. The second-order valence-electron chi connectivity index (χ2n) is 0. The molecular formula is H12N6U-6. The third kappa shape index (κ3) is 239. The molecule has 7 heavy (non-hydrogen) atoms. The fourth-order valence-electron chi connectivity index (χ4n) is 0. The predicted octanol–water partition coefficient (Wildman–Crippen LogP) is 4.30. The Labute approximate surface area is 68.1 Å². The Morgan fingerprint density at radius 1 is 0.286 bits per heavy atom. The predicted molar refractivity (Wildman–Crippen MR) is 31.7 cm³/mol. The second kappa shape index (κ2) is 349. The topological polar surface area (TPSA) is 201 Å². The van der Waals surface area contributed by atoms with Crippen molar-refractivity contribution in [1.29, 1.82) is 0 Å². The summed E-state index contributed by atoms with van der Waals surface area (Å²) in [5.74, 6) is 0. The molecule has 0 aromatic rings. The Hall–Kier alpha value is 0.812. The second-order valence-corrected chi connectivity index (χ2v) is 0. The molecule has 0 unspecified atom stereocenters. The largest absolute Gasteiger partial charge is 0.693 e. The molecular weight excluding hydrogens is 322 g/mol. The van der Waals surface area contributed by atoms with Crippen LogP contribution < -0.4 is 0 Å². The van der Waals surface area contributed by atoms with Crippen molar-refractivity contribution in [3.63, 3.8) is 0 Å². The van der Waals surface area contributed by atoms with Crippen LogP contribution in [-0.4, -0.2) is 0 Å². The molecule has 0 aromatic carbocycles. The van der Waals surface area contributed by atoms with Gasteiger partial charge in [0.05, 0.1) is 0 Å². The first-order chi connectivity index (χ1) is 0. The summed E-state index contributed by atoms with van der Waals surface area (Å²) < 4.78 is 0. The van der Waals surface area contributed by atoms with Crippen LogP contribution in [0.1, 0.15) is 0 Å². The molecule has 0 atom stereocenters. The zero-order chi connectivity index (χ0) is 0. The normalized spacial score (nSPS) is 0. The van der Waals surface area contributed by atoms with Crippen LogP contribution in [0.2, 0.25) is 0 Å². The van der Waals surface area contributed by atoms with E-state index in [0.29, 0.717) is 0 Å². The maximum atomic E-state index is 0. The van der Waals surface area contributed by atoms with Crippen molar-refractivity contribution < 1.29 is 31.1 Å². The van der Waals surface area contributed by atoms with Crippen LogP contribution in [0.5, 0.6) is 0 Å². The number of hydrogen-bond acceptors (Lipinski definition) is 0. The van der Waals surface area contributed by atoms with E-state index in [-0.39, 0.29) is 68.0 Å². The van der Waals surface area contributed by atoms with Crippen molar-refractivity contribution in [2.75, 3.05) is 0 Å². The van der Waals surface area contributed by atoms with Gasteiger partial charge in [0.1, 0.15) is 0 Å². The summed E-state index contributed by atoms with van der Waals surface area (Å²) in [6.07, 6.45) is 0. The van der Waals surface area contributed by atoms with Crippen LogP contribution in [0.3, 0.4) is 0 Å². The van der Waals surface area contributed by atoms with Crippen LogP contribution in [0.4, 0.5) is 0 Å². The van der Waals surface area contributed by atoms with Crippen LogP contribution in [0.25, 0.3) is 36.9 Å². The van der Waals surface area contributed by atoms with Crippen molar-refractivity contribution in [2.24, 2.45) is 0 Å². The van der Waals surface area contributed by atoms with Crippen LogP contribution in [0.15, 0.2) is 0 Å². The molecule has 0 saturated carbocycles. The zero-order valence-corrected chi connectivity index (χ0v) is 8.13. The van der Waals surface area contributed by atoms with Gasteiger partial charge in [0.25, 0.3) is 0 Å². The molecule has 0 bridgehead atoms. The number of hydrogen-bond donors (Lipinski definition) is 0. The monoisotopic (exact) mass is 334 g/mol. The van der Waals surface area contributed by atoms with Gasteiger partial charge in [-0.3, -0.25) is 0 Å². The van der Waals surface area contributed by atoms with E-state index in [9.17, 15) is 0 Å². The van der Waals surface area contributed by atoms with E-state index in [1.165, 1.54) is 0 Å². The van der Waals surface area contributed by atoms with Crippen LogP contribution in [0, 0.1) is 31.1 Å². The maximum Gasteiger partial charge on any atom is 0 e. The molecule has 0 radical (unpaired) electrons. The Bertz CT molecular complexity index is 4.14. The van der Waals surface area contributed by atoms with E-state index in [1.54, 1.807) is 0 Å². The molecule has 52 valence electrons. The van der Waals surface area contributed by atoms with Crippen molar-refractivity contribution in [2.45, 2.75) is 0 Å². The van der Waals surface area contributed by atoms with Crippen molar-refractivity contribution >= 4 is 0 Å². The minimum atomic E-state index is 0. The number of nitrogens with two attached hydrogens (primary N) is 6. The fourth-order valence-corrected chi connectivity index (χ4v) is 0. The summed E-state index contributed by atoms with van der Waals surface area (Å²) >= 11 is 0. The Kier molecular flexibility index (Phi) is 27400. The fraction of sp³-hybridized carbons (Fsp3) is 0. The summed E-state index contributed by atoms with van der Waals surface area (Å²) in [5.41, 5.74) is 0. The first-order valence-electron chi connectivity index (χ1n) is 0. The Balaban J connectivity index is 0. The van der Waals surface area contributed by atoms with Gasteiger partial charge >= 0.3 is 0 Å². The standard InChI is InChI=1S/6H2N.U/h6*1H2;/q6*-1;. The molecule has 0 saturated heterocycles. The van der Waals surface area contributed by atoms with Gasteiger partial charge < -0.3 is 36.9 Å². The van der Waals surface area contributed by atoms with Gasteiger partial charge in [-0.05, 0) is 0 Å². The molecule has 0 aliphatic carbocycles. The first kappa shape index (κ1) is 550. The van der Waals surface area contributed by atoms with Crippen molar-refractivity contribution in [3.05, 3.63) is 36.9 Å². The maximum absolute atomic E-state index is 0. The molecule has 0 amide bonds. The molecule has 0 aliphatic rings. The van der Waals surface area contributed by atoms with Gasteiger partial charge in [0.15, 0.2) is 0 Å². The van der Waals surface area contributed by atoms with Crippen molar-refractivity contribution in [1.82, 2.24) is 0 Å².